The summed E-state index contributed by atoms with van der Waals surface area (Å²) in [6.07, 6.45) is 0. The molecule has 0 saturated heterocycles. The zero-order valence-electron chi connectivity index (χ0n) is 7.21. The summed E-state index contributed by atoms with van der Waals surface area (Å²) in [6.45, 7) is 0. The van der Waals surface area contributed by atoms with Crippen LogP contribution in [0.2, 0.25) is 0 Å². The Morgan fingerprint density at radius 2 is 1.93 bits per heavy atom. The molecule has 2 rings (SSSR count). The zero-order chi connectivity index (χ0) is 9.97. The number of nitrogens with zero attached hydrogens (tertiary/aromatic N) is 1. The summed E-state index contributed by atoms with van der Waals surface area (Å²) >= 11 is 8.52. The molecule has 0 unspecified atom stereocenters. The number of halogens is 2. The molecule has 2 aromatic rings. The van der Waals surface area contributed by atoms with Crippen molar-refractivity contribution < 1.29 is 0 Å². The summed E-state index contributed by atoms with van der Waals surface area (Å²) in [4.78, 5) is 5.62. The van der Waals surface area contributed by atoms with Gasteiger partial charge in [-0.3, -0.25) is 0 Å². The first-order chi connectivity index (χ1) is 6.81. The first-order valence-corrected chi connectivity index (χ1v) is 6.81. The highest BCUT2D eigenvalue weighted by Gasteiger charge is 2.09. The minimum atomic E-state index is 0.791. The Labute approximate surface area is 103 Å². The number of aromatic nitrogens is 1. The van der Waals surface area contributed by atoms with Gasteiger partial charge in [0.25, 0.3) is 0 Å². The van der Waals surface area contributed by atoms with E-state index in [1.54, 1.807) is 11.3 Å². The lowest BCUT2D eigenvalue weighted by molar-refractivity contribution is 1.22. The highest BCUT2D eigenvalue weighted by atomic mass is 79.9. The average Bonchev–Trinajstić information content (AvgIpc) is 2.61. The van der Waals surface area contributed by atoms with Crippen LogP contribution in [0, 0.1) is 0 Å². The molecule has 0 aliphatic rings. The number of thiazole rings is 1. The van der Waals surface area contributed by atoms with Gasteiger partial charge in [0.05, 0.1) is 10.6 Å². The van der Waals surface area contributed by atoms with E-state index in [-0.39, 0.29) is 0 Å². The van der Waals surface area contributed by atoms with Crippen molar-refractivity contribution in [3.63, 3.8) is 0 Å². The average molecular weight is 333 g/mol. The van der Waals surface area contributed by atoms with Crippen LogP contribution >= 0.6 is 43.2 Å². The van der Waals surface area contributed by atoms with Crippen molar-refractivity contribution in [2.75, 3.05) is 0 Å². The monoisotopic (exact) mass is 331 g/mol. The van der Waals surface area contributed by atoms with E-state index in [9.17, 15) is 0 Å². The van der Waals surface area contributed by atoms with Gasteiger partial charge in [-0.2, -0.15) is 0 Å². The van der Waals surface area contributed by atoms with Crippen LogP contribution in [0.25, 0.3) is 10.4 Å². The molecule has 0 atom stereocenters. The van der Waals surface area contributed by atoms with Gasteiger partial charge >= 0.3 is 0 Å². The topological polar surface area (TPSA) is 12.9 Å². The fraction of sp³-hybridized carbons (Fsp3) is 0.100. The van der Waals surface area contributed by atoms with Crippen LogP contribution in [0.4, 0.5) is 0 Å². The van der Waals surface area contributed by atoms with Crippen molar-refractivity contribution in [2.24, 2.45) is 0 Å². The van der Waals surface area contributed by atoms with Crippen LogP contribution in [-0.2, 0) is 5.33 Å². The van der Waals surface area contributed by atoms with E-state index < -0.39 is 0 Å². The number of hydrogen-bond donors (Lipinski definition) is 0. The molecule has 0 bridgehead atoms. The van der Waals surface area contributed by atoms with Gasteiger partial charge in [-0.15, -0.1) is 11.3 Å². The molecule has 1 aromatic carbocycles. The Hall–Kier alpha value is -0.190. The molecule has 0 N–H and O–H groups in total. The van der Waals surface area contributed by atoms with Gasteiger partial charge in [-0.05, 0) is 21.5 Å². The lowest BCUT2D eigenvalue weighted by atomic mass is 10.2. The minimum Gasteiger partial charge on any atom is -0.233 e. The molecule has 1 heterocycles. The predicted octanol–water partition coefficient (Wildman–Crippen LogP) is 4.47. The van der Waals surface area contributed by atoms with Crippen molar-refractivity contribution >= 4 is 43.2 Å². The Bertz CT molecular complexity index is 425. The summed E-state index contributed by atoms with van der Waals surface area (Å²) in [5.41, 5.74) is 2.32. The summed E-state index contributed by atoms with van der Waals surface area (Å²) in [5.74, 6) is 0. The molecule has 0 aliphatic carbocycles. The molecule has 0 amide bonds. The van der Waals surface area contributed by atoms with Crippen molar-refractivity contribution in [2.45, 2.75) is 5.33 Å². The number of alkyl halides is 1. The van der Waals surface area contributed by atoms with Gasteiger partial charge in [-0.1, -0.05) is 46.3 Å². The Kier molecular flexibility index (Phi) is 3.36. The maximum absolute atomic E-state index is 4.39. The van der Waals surface area contributed by atoms with Crippen molar-refractivity contribution in [1.82, 2.24) is 4.98 Å². The standard InChI is InChI=1S/C10H7Br2NS/c11-6-8-9(14-10(12)13-8)7-4-2-1-3-5-7/h1-5H,6H2. The zero-order valence-corrected chi connectivity index (χ0v) is 11.2. The van der Waals surface area contributed by atoms with Crippen LogP contribution in [-0.4, -0.2) is 4.98 Å². The van der Waals surface area contributed by atoms with Gasteiger partial charge in [0.1, 0.15) is 0 Å². The molecular weight excluding hydrogens is 326 g/mol. The smallest absolute Gasteiger partial charge is 0.159 e. The van der Waals surface area contributed by atoms with Gasteiger partial charge in [0.2, 0.25) is 0 Å². The molecule has 4 heteroatoms. The van der Waals surface area contributed by atoms with Crippen LogP contribution in [0.15, 0.2) is 34.2 Å². The Morgan fingerprint density at radius 3 is 2.57 bits per heavy atom. The molecule has 0 fully saturated rings. The maximum atomic E-state index is 4.39. The Morgan fingerprint density at radius 1 is 1.21 bits per heavy atom. The van der Waals surface area contributed by atoms with Gasteiger partial charge in [0.15, 0.2) is 3.92 Å². The second-order valence-corrected chi connectivity index (χ2v) is 5.58. The summed E-state index contributed by atoms with van der Waals surface area (Å²) in [6, 6.07) is 10.3. The highest BCUT2D eigenvalue weighted by Crippen LogP contribution is 2.33. The second-order valence-electron chi connectivity index (χ2n) is 2.74. The first-order valence-electron chi connectivity index (χ1n) is 4.08. The molecule has 0 radical (unpaired) electrons. The largest absolute Gasteiger partial charge is 0.233 e. The third-order valence-electron chi connectivity index (χ3n) is 1.83. The fourth-order valence-electron chi connectivity index (χ4n) is 1.23. The maximum Gasteiger partial charge on any atom is 0.159 e. The van der Waals surface area contributed by atoms with E-state index in [0.717, 1.165) is 14.9 Å². The molecular formula is C10H7Br2NS. The molecule has 1 nitrogen and oxygen atoms in total. The number of rotatable bonds is 2. The van der Waals surface area contributed by atoms with Crippen molar-refractivity contribution in [3.8, 4) is 10.4 Å². The Balaban J connectivity index is 2.51. The van der Waals surface area contributed by atoms with Crippen LogP contribution in [0.1, 0.15) is 5.69 Å². The molecule has 0 saturated carbocycles. The first kappa shape index (κ1) is 10.3. The second kappa shape index (κ2) is 4.55. The van der Waals surface area contributed by atoms with Crippen molar-refractivity contribution in [1.29, 1.82) is 0 Å². The summed E-state index contributed by atoms with van der Waals surface area (Å²) in [5, 5.41) is 0.791. The minimum absolute atomic E-state index is 0.791. The molecule has 14 heavy (non-hydrogen) atoms. The van der Waals surface area contributed by atoms with E-state index in [0.29, 0.717) is 0 Å². The number of hydrogen-bond acceptors (Lipinski definition) is 2. The summed E-state index contributed by atoms with van der Waals surface area (Å²) in [7, 11) is 0. The van der Waals surface area contributed by atoms with Crippen molar-refractivity contribution in [3.05, 3.63) is 39.9 Å². The molecule has 1 aromatic heterocycles. The highest BCUT2D eigenvalue weighted by molar-refractivity contribution is 9.11. The van der Waals surface area contributed by atoms with Crippen LogP contribution in [0.3, 0.4) is 0 Å². The van der Waals surface area contributed by atoms with Gasteiger partial charge in [0, 0.05) is 5.33 Å². The fourth-order valence-corrected chi connectivity index (χ4v) is 3.33. The lowest BCUT2D eigenvalue weighted by Crippen LogP contribution is -1.80. The molecule has 0 aliphatic heterocycles. The summed E-state index contributed by atoms with van der Waals surface area (Å²) < 4.78 is 0.936. The molecule has 72 valence electrons. The normalized spacial score (nSPS) is 10.4. The van der Waals surface area contributed by atoms with E-state index in [1.807, 2.05) is 18.2 Å². The van der Waals surface area contributed by atoms with E-state index in [2.05, 4.69) is 49.0 Å². The van der Waals surface area contributed by atoms with E-state index >= 15 is 0 Å². The lowest BCUT2D eigenvalue weighted by Gasteiger charge is -1.97. The van der Waals surface area contributed by atoms with E-state index in [4.69, 9.17) is 0 Å². The number of benzene rings is 1. The molecule has 0 spiro atoms. The van der Waals surface area contributed by atoms with Crippen LogP contribution in [0.5, 0.6) is 0 Å². The SMILES string of the molecule is BrCc1nc(Br)sc1-c1ccccc1. The third kappa shape index (κ3) is 2.07. The quantitative estimate of drug-likeness (QED) is 0.739. The third-order valence-corrected chi connectivity index (χ3v) is 3.96. The van der Waals surface area contributed by atoms with Gasteiger partial charge in [-0.25, -0.2) is 4.98 Å². The predicted molar refractivity (Wildman–Crippen MR) is 67.9 cm³/mol. The van der Waals surface area contributed by atoms with Gasteiger partial charge < -0.3 is 0 Å². The van der Waals surface area contributed by atoms with E-state index in [1.165, 1.54) is 10.4 Å². The van der Waals surface area contributed by atoms with Crippen LogP contribution < -0.4 is 0 Å².